The van der Waals surface area contributed by atoms with Gasteiger partial charge in [-0.1, -0.05) is 0 Å². The molecule has 0 aliphatic carbocycles. The largest absolute Gasteiger partial charge is 0.384 e. The Morgan fingerprint density at radius 2 is 2.21 bits per heavy atom. The van der Waals surface area contributed by atoms with Crippen LogP contribution >= 0.6 is 0 Å². The third-order valence-electron chi connectivity index (χ3n) is 1.92. The van der Waals surface area contributed by atoms with Gasteiger partial charge in [0.15, 0.2) is 6.10 Å². The number of aromatic nitrogens is 1. The standard InChI is InChI=1S/C9H10N2O3/c1-5-2-8(13)11-4-6(5)9(14)7(12)3-10/h2,4,7,9,12,14H,1H3,(H,11,13). The molecule has 1 aromatic heterocycles. The number of H-pyrrole nitrogens is 1. The molecule has 0 aromatic carbocycles. The Bertz CT molecular complexity index is 419. The number of hydrogen-bond acceptors (Lipinski definition) is 4. The van der Waals surface area contributed by atoms with E-state index in [2.05, 4.69) is 4.98 Å². The number of aliphatic hydroxyl groups excluding tert-OH is 2. The first-order valence-electron chi connectivity index (χ1n) is 4.01. The predicted octanol–water partition coefficient (Wildman–Crippen LogP) is -0.399. The van der Waals surface area contributed by atoms with E-state index < -0.39 is 12.2 Å². The highest BCUT2D eigenvalue weighted by molar-refractivity contribution is 5.25. The number of hydrogen-bond donors (Lipinski definition) is 3. The number of rotatable bonds is 2. The second-order valence-corrected chi connectivity index (χ2v) is 2.95. The number of aromatic amines is 1. The monoisotopic (exact) mass is 194 g/mol. The second-order valence-electron chi connectivity index (χ2n) is 2.95. The lowest BCUT2D eigenvalue weighted by atomic mass is 10.0. The van der Waals surface area contributed by atoms with E-state index in [1.807, 2.05) is 0 Å². The van der Waals surface area contributed by atoms with Gasteiger partial charge < -0.3 is 15.2 Å². The molecule has 0 bridgehead atoms. The minimum absolute atomic E-state index is 0.287. The van der Waals surface area contributed by atoms with E-state index in [0.717, 1.165) is 0 Å². The summed E-state index contributed by atoms with van der Waals surface area (Å²) < 4.78 is 0. The fraction of sp³-hybridized carbons (Fsp3) is 0.333. The summed E-state index contributed by atoms with van der Waals surface area (Å²) in [6.07, 6.45) is -1.49. The first-order chi connectivity index (χ1) is 6.56. The van der Waals surface area contributed by atoms with Crippen molar-refractivity contribution in [2.24, 2.45) is 0 Å². The molecule has 3 N–H and O–H groups in total. The average molecular weight is 194 g/mol. The minimum atomic E-state index is -1.49. The van der Waals surface area contributed by atoms with Crippen LogP contribution in [0.5, 0.6) is 0 Å². The van der Waals surface area contributed by atoms with Crippen LogP contribution in [0, 0.1) is 18.3 Å². The highest BCUT2D eigenvalue weighted by atomic mass is 16.3. The summed E-state index contributed by atoms with van der Waals surface area (Å²) in [6, 6.07) is 2.81. The molecule has 0 amide bonds. The van der Waals surface area contributed by atoms with Crippen molar-refractivity contribution >= 4 is 0 Å². The fourth-order valence-electron chi connectivity index (χ4n) is 1.14. The van der Waals surface area contributed by atoms with Crippen molar-refractivity contribution in [1.29, 1.82) is 5.26 Å². The van der Waals surface area contributed by atoms with E-state index in [9.17, 15) is 9.90 Å². The van der Waals surface area contributed by atoms with Crippen LogP contribution in [0.4, 0.5) is 0 Å². The lowest BCUT2D eigenvalue weighted by Crippen LogP contribution is -2.18. The summed E-state index contributed by atoms with van der Waals surface area (Å²) >= 11 is 0. The molecular formula is C9H10N2O3. The molecule has 0 saturated heterocycles. The summed E-state index contributed by atoms with van der Waals surface area (Å²) in [7, 11) is 0. The highest BCUT2D eigenvalue weighted by Crippen LogP contribution is 2.17. The maximum Gasteiger partial charge on any atom is 0.248 e. The van der Waals surface area contributed by atoms with Gasteiger partial charge in [0.25, 0.3) is 0 Å². The van der Waals surface area contributed by atoms with Gasteiger partial charge in [0.05, 0.1) is 6.07 Å². The Labute approximate surface area is 80.3 Å². The molecule has 74 valence electrons. The van der Waals surface area contributed by atoms with E-state index in [1.165, 1.54) is 18.3 Å². The first-order valence-corrected chi connectivity index (χ1v) is 4.01. The Hall–Kier alpha value is -1.64. The van der Waals surface area contributed by atoms with Crippen LogP contribution in [0.15, 0.2) is 17.1 Å². The number of nitrogens with one attached hydrogen (secondary N) is 1. The molecule has 1 rings (SSSR count). The van der Waals surface area contributed by atoms with Gasteiger partial charge in [-0.15, -0.1) is 0 Å². The lowest BCUT2D eigenvalue weighted by molar-refractivity contribution is 0.0521. The zero-order valence-electron chi connectivity index (χ0n) is 7.56. The van der Waals surface area contributed by atoms with Crippen molar-refractivity contribution in [3.8, 4) is 6.07 Å². The molecule has 5 heteroatoms. The van der Waals surface area contributed by atoms with Gasteiger partial charge in [0.1, 0.15) is 6.10 Å². The first kappa shape index (κ1) is 10.4. The summed E-state index contributed by atoms with van der Waals surface area (Å²) in [6.45, 7) is 1.62. The molecule has 0 aliphatic rings. The van der Waals surface area contributed by atoms with Crippen LogP contribution in [0.1, 0.15) is 17.2 Å². The van der Waals surface area contributed by atoms with Gasteiger partial charge in [0.2, 0.25) is 5.56 Å². The van der Waals surface area contributed by atoms with E-state index in [0.29, 0.717) is 11.1 Å². The maximum absolute atomic E-state index is 10.8. The van der Waals surface area contributed by atoms with Crippen LogP contribution in [-0.2, 0) is 0 Å². The molecule has 0 radical (unpaired) electrons. The molecule has 0 fully saturated rings. The predicted molar refractivity (Wildman–Crippen MR) is 48.4 cm³/mol. The normalized spacial score (nSPS) is 14.4. The molecule has 5 nitrogen and oxygen atoms in total. The Morgan fingerprint density at radius 3 is 2.71 bits per heavy atom. The zero-order valence-corrected chi connectivity index (χ0v) is 7.56. The molecule has 0 saturated carbocycles. The highest BCUT2D eigenvalue weighted by Gasteiger charge is 2.19. The Morgan fingerprint density at radius 1 is 1.57 bits per heavy atom. The lowest BCUT2D eigenvalue weighted by Gasteiger charge is -2.13. The number of nitrogens with zero attached hydrogens (tertiary/aromatic N) is 1. The van der Waals surface area contributed by atoms with Gasteiger partial charge in [0, 0.05) is 17.8 Å². The average Bonchev–Trinajstić information content (AvgIpc) is 2.15. The van der Waals surface area contributed by atoms with Crippen molar-refractivity contribution in [3.63, 3.8) is 0 Å². The van der Waals surface area contributed by atoms with Crippen molar-refractivity contribution in [1.82, 2.24) is 4.98 Å². The van der Waals surface area contributed by atoms with Crippen molar-refractivity contribution in [2.75, 3.05) is 0 Å². The van der Waals surface area contributed by atoms with Gasteiger partial charge in [-0.3, -0.25) is 4.79 Å². The summed E-state index contributed by atoms with van der Waals surface area (Å²) in [4.78, 5) is 13.2. The molecule has 0 spiro atoms. The Kier molecular flexibility index (Phi) is 3.02. The van der Waals surface area contributed by atoms with Gasteiger partial charge >= 0.3 is 0 Å². The molecule has 0 aliphatic heterocycles. The van der Waals surface area contributed by atoms with Crippen LogP contribution < -0.4 is 5.56 Å². The number of nitriles is 1. The quantitative estimate of drug-likeness (QED) is 0.558. The van der Waals surface area contributed by atoms with Gasteiger partial charge in [-0.25, -0.2) is 0 Å². The van der Waals surface area contributed by atoms with Crippen LogP contribution in [-0.4, -0.2) is 21.3 Å². The van der Waals surface area contributed by atoms with Gasteiger partial charge in [-0.2, -0.15) is 5.26 Å². The smallest absolute Gasteiger partial charge is 0.248 e. The topological polar surface area (TPSA) is 97.1 Å². The molecule has 14 heavy (non-hydrogen) atoms. The number of pyridine rings is 1. The van der Waals surface area contributed by atoms with Crippen molar-refractivity contribution < 1.29 is 10.2 Å². The van der Waals surface area contributed by atoms with Crippen molar-refractivity contribution in [2.45, 2.75) is 19.1 Å². The van der Waals surface area contributed by atoms with Crippen LogP contribution in [0.3, 0.4) is 0 Å². The molecule has 2 unspecified atom stereocenters. The van der Waals surface area contributed by atoms with E-state index >= 15 is 0 Å². The van der Waals surface area contributed by atoms with E-state index in [1.54, 1.807) is 6.92 Å². The maximum atomic E-state index is 10.8. The summed E-state index contributed by atoms with van der Waals surface area (Å²) in [5, 5.41) is 26.9. The number of aryl methyl sites for hydroxylation is 1. The third kappa shape index (κ3) is 1.99. The van der Waals surface area contributed by atoms with E-state index in [-0.39, 0.29) is 5.56 Å². The molecule has 1 aromatic rings. The zero-order chi connectivity index (χ0) is 10.7. The summed E-state index contributed by atoms with van der Waals surface area (Å²) in [5.74, 6) is 0. The molecule has 1 heterocycles. The Balaban J connectivity index is 3.09. The fourth-order valence-corrected chi connectivity index (χ4v) is 1.14. The second kappa shape index (κ2) is 4.05. The molecular weight excluding hydrogens is 184 g/mol. The van der Waals surface area contributed by atoms with Gasteiger partial charge in [-0.05, 0) is 12.5 Å². The summed E-state index contributed by atoms with van der Waals surface area (Å²) in [5.41, 5.74) is 0.596. The van der Waals surface area contributed by atoms with Crippen molar-refractivity contribution in [3.05, 3.63) is 33.7 Å². The SMILES string of the molecule is Cc1cc(=O)[nH]cc1C(O)C(O)C#N. The number of aliphatic hydroxyl groups is 2. The minimum Gasteiger partial charge on any atom is -0.384 e. The third-order valence-corrected chi connectivity index (χ3v) is 1.92. The van der Waals surface area contributed by atoms with Crippen LogP contribution in [0.2, 0.25) is 0 Å². The molecule has 2 atom stereocenters. The van der Waals surface area contributed by atoms with E-state index in [4.69, 9.17) is 10.4 Å². The van der Waals surface area contributed by atoms with Crippen LogP contribution in [0.25, 0.3) is 0 Å².